The van der Waals surface area contributed by atoms with Crippen molar-refractivity contribution in [3.8, 4) is 5.75 Å². The van der Waals surface area contributed by atoms with Gasteiger partial charge in [0.15, 0.2) is 0 Å². The van der Waals surface area contributed by atoms with Gasteiger partial charge in [-0.3, -0.25) is 0 Å². The van der Waals surface area contributed by atoms with Crippen LogP contribution in [0.25, 0.3) is 0 Å². The molecule has 2 aliphatic rings. The molecule has 4 heteroatoms. The molecule has 116 valence electrons. The quantitative estimate of drug-likeness (QED) is 0.747. The van der Waals surface area contributed by atoms with E-state index in [1.54, 1.807) is 0 Å². The lowest BCUT2D eigenvalue weighted by molar-refractivity contribution is -0.133. The van der Waals surface area contributed by atoms with Gasteiger partial charge in [-0.25, -0.2) is 0 Å². The van der Waals surface area contributed by atoms with Gasteiger partial charge in [-0.1, -0.05) is 36.7 Å². The van der Waals surface area contributed by atoms with E-state index in [2.05, 4.69) is 42.0 Å². The molecule has 0 aromatic heterocycles. The molecule has 2 aliphatic heterocycles. The summed E-state index contributed by atoms with van der Waals surface area (Å²) in [5, 5.41) is 14.5. The van der Waals surface area contributed by atoms with Crippen molar-refractivity contribution in [2.45, 2.75) is 45.3 Å². The largest absolute Gasteiger partial charge is 0.486 e. The van der Waals surface area contributed by atoms with Crippen LogP contribution in [0.1, 0.15) is 45.3 Å². The van der Waals surface area contributed by atoms with E-state index < -0.39 is 6.10 Å². The zero-order valence-corrected chi connectivity index (χ0v) is 14.5. The first-order valence-electron chi connectivity index (χ1n) is 7.71. The number of benzene rings is 1. The molecule has 2 heterocycles. The summed E-state index contributed by atoms with van der Waals surface area (Å²) in [6.07, 6.45) is 1.41. The molecule has 1 aromatic carbocycles. The number of aliphatic hydroxyl groups is 1. The SMILES string of the molecule is CC(C)(C)C1C(O)c2cc(Br)ccc2OC12CCNCC2. The van der Waals surface area contributed by atoms with Gasteiger partial charge in [0.2, 0.25) is 0 Å². The van der Waals surface area contributed by atoms with Crippen molar-refractivity contribution in [1.82, 2.24) is 5.32 Å². The number of rotatable bonds is 0. The molecular formula is C17H24BrNO2. The van der Waals surface area contributed by atoms with Crippen LogP contribution in [-0.4, -0.2) is 23.8 Å². The molecule has 0 radical (unpaired) electrons. The predicted octanol–water partition coefficient (Wildman–Crippen LogP) is 3.66. The van der Waals surface area contributed by atoms with Crippen LogP contribution < -0.4 is 10.1 Å². The standard InChI is InChI=1S/C17H24BrNO2/c1-16(2,3)15-14(20)12-10-11(18)4-5-13(12)21-17(15)6-8-19-9-7-17/h4-5,10,14-15,19-20H,6-9H2,1-3H3. The predicted molar refractivity (Wildman–Crippen MR) is 87.5 cm³/mol. The summed E-state index contributed by atoms with van der Waals surface area (Å²) in [7, 11) is 0. The van der Waals surface area contributed by atoms with Crippen molar-refractivity contribution in [1.29, 1.82) is 0 Å². The van der Waals surface area contributed by atoms with Crippen LogP contribution in [0.3, 0.4) is 0 Å². The van der Waals surface area contributed by atoms with Gasteiger partial charge in [0, 0.05) is 28.8 Å². The Labute approximate surface area is 135 Å². The van der Waals surface area contributed by atoms with Crippen molar-refractivity contribution in [3.63, 3.8) is 0 Å². The van der Waals surface area contributed by atoms with Crippen LogP contribution in [0.15, 0.2) is 22.7 Å². The second-order valence-electron chi connectivity index (χ2n) is 7.39. The van der Waals surface area contributed by atoms with E-state index in [-0.39, 0.29) is 16.9 Å². The Morgan fingerprint density at radius 3 is 2.57 bits per heavy atom. The Morgan fingerprint density at radius 2 is 1.95 bits per heavy atom. The lowest BCUT2D eigenvalue weighted by atomic mass is 9.62. The van der Waals surface area contributed by atoms with Crippen molar-refractivity contribution >= 4 is 15.9 Å². The summed E-state index contributed by atoms with van der Waals surface area (Å²) < 4.78 is 7.49. The molecule has 0 aliphatic carbocycles. The van der Waals surface area contributed by atoms with E-state index >= 15 is 0 Å². The molecule has 1 spiro atoms. The molecule has 0 saturated carbocycles. The Kier molecular flexibility index (Phi) is 3.83. The molecule has 2 atom stereocenters. The monoisotopic (exact) mass is 353 g/mol. The topological polar surface area (TPSA) is 41.5 Å². The molecule has 21 heavy (non-hydrogen) atoms. The summed E-state index contributed by atoms with van der Waals surface area (Å²) in [6.45, 7) is 8.52. The highest BCUT2D eigenvalue weighted by Gasteiger charge is 2.54. The Hall–Kier alpha value is -0.580. The summed E-state index contributed by atoms with van der Waals surface area (Å²) in [5.74, 6) is 0.932. The summed E-state index contributed by atoms with van der Waals surface area (Å²) in [4.78, 5) is 0. The van der Waals surface area contributed by atoms with Crippen LogP contribution >= 0.6 is 15.9 Å². The molecule has 3 nitrogen and oxygen atoms in total. The van der Waals surface area contributed by atoms with Crippen molar-refractivity contribution in [2.24, 2.45) is 11.3 Å². The zero-order valence-electron chi connectivity index (χ0n) is 12.9. The zero-order chi connectivity index (χ0) is 15.3. The van der Waals surface area contributed by atoms with E-state index in [0.717, 1.165) is 41.7 Å². The third-order valence-corrected chi connectivity index (χ3v) is 5.36. The first-order valence-corrected chi connectivity index (χ1v) is 8.50. The van der Waals surface area contributed by atoms with E-state index in [9.17, 15) is 5.11 Å². The second kappa shape index (κ2) is 5.25. The highest BCUT2D eigenvalue weighted by atomic mass is 79.9. The van der Waals surface area contributed by atoms with Gasteiger partial charge in [-0.2, -0.15) is 0 Å². The molecule has 0 amide bonds. The lowest BCUT2D eigenvalue weighted by Gasteiger charge is -2.53. The number of fused-ring (bicyclic) bond motifs is 1. The molecule has 3 rings (SSSR count). The maximum Gasteiger partial charge on any atom is 0.126 e. The van der Waals surface area contributed by atoms with Gasteiger partial charge >= 0.3 is 0 Å². The van der Waals surface area contributed by atoms with Gasteiger partial charge in [0.25, 0.3) is 0 Å². The minimum atomic E-state index is -0.482. The average Bonchev–Trinajstić information content (AvgIpc) is 2.39. The van der Waals surface area contributed by atoms with Gasteiger partial charge in [0.05, 0.1) is 6.10 Å². The first-order chi connectivity index (χ1) is 9.83. The number of ether oxygens (including phenoxy) is 1. The van der Waals surface area contributed by atoms with Crippen LogP contribution in [0.5, 0.6) is 5.75 Å². The number of halogens is 1. The van der Waals surface area contributed by atoms with E-state index in [4.69, 9.17) is 4.74 Å². The maximum absolute atomic E-state index is 11.1. The van der Waals surface area contributed by atoms with Crippen molar-refractivity contribution in [2.75, 3.05) is 13.1 Å². The van der Waals surface area contributed by atoms with Gasteiger partial charge in [-0.05, 0) is 36.7 Å². The molecule has 1 aromatic rings. The fourth-order valence-electron chi connectivity index (χ4n) is 4.12. The van der Waals surface area contributed by atoms with E-state index in [1.807, 2.05) is 18.2 Å². The Bertz CT molecular complexity index is 532. The third-order valence-electron chi connectivity index (χ3n) is 4.87. The molecule has 2 unspecified atom stereocenters. The van der Waals surface area contributed by atoms with E-state index in [1.165, 1.54) is 0 Å². The third kappa shape index (κ3) is 2.62. The maximum atomic E-state index is 11.1. The average molecular weight is 354 g/mol. The van der Waals surface area contributed by atoms with Crippen LogP contribution in [-0.2, 0) is 0 Å². The Balaban J connectivity index is 2.10. The molecular weight excluding hydrogens is 330 g/mol. The second-order valence-corrected chi connectivity index (χ2v) is 8.30. The number of piperidine rings is 1. The van der Waals surface area contributed by atoms with Crippen molar-refractivity contribution in [3.05, 3.63) is 28.2 Å². The fourth-order valence-corrected chi connectivity index (χ4v) is 4.50. The smallest absolute Gasteiger partial charge is 0.126 e. The van der Waals surface area contributed by atoms with Crippen LogP contribution in [0.4, 0.5) is 0 Å². The number of aliphatic hydroxyl groups excluding tert-OH is 1. The van der Waals surface area contributed by atoms with Gasteiger partial charge in [0.1, 0.15) is 11.4 Å². The highest BCUT2D eigenvalue weighted by molar-refractivity contribution is 9.10. The fraction of sp³-hybridized carbons (Fsp3) is 0.647. The number of nitrogens with one attached hydrogen (secondary N) is 1. The number of hydrogen-bond acceptors (Lipinski definition) is 3. The minimum Gasteiger partial charge on any atom is -0.486 e. The van der Waals surface area contributed by atoms with E-state index in [0.29, 0.717) is 0 Å². The lowest BCUT2D eigenvalue weighted by Crippen LogP contribution is -2.58. The minimum absolute atomic E-state index is 0.0171. The van der Waals surface area contributed by atoms with Crippen LogP contribution in [0.2, 0.25) is 0 Å². The van der Waals surface area contributed by atoms with Gasteiger partial charge < -0.3 is 15.2 Å². The summed E-state index contributed by atoms with van der Waals surface area (Å²) in [6, 6.07) is 5.95. The normalized spacial score (nSPS) is 28.0. The molecule has 0 bridgehead atoms. The molecule has 2 N–H and O–H groups in total. The van der Waals surface area contributed by atoms with Gasteiger partial charge in [-0.15, -0.1) is 0 Å². The first kappa shape index (κ1) is 15.3. The molecule has 1 fully saturated rings. The number of hydrogen-bond donors (Lipinski definition) is 2. The summed E-state index contributed by atoms with van der Waals surface area (Å²) in [5.41, 5.74) is 0.633. The highest BCUT2D eigenvalue weighted by Crippen LogP contribution is 2.54. The Morgan fingerprint density at radius 1 is 1.29 bits per heavy atom. The van der Waals surface area contributed by atoms with Crippen LogP contribution in [0, 0.1) is 11.3 Å². The summed E-state index contributed by atoms with van der Waals surface area (Å²) >= 11 is 3.50. The van der Waals surface area contributed by atoms with Crippen molar-refractivity contribution < 1.29 is 9.84 Å². The molecule has 1 saturated heterocycles.